The van der Waals surface area contributed by atoms with Gasteiger partial charge in [-0.2, -0.15) is 0 Å². The number of aliphatic hydroxyl groups excluding tert-OH is 1. The van der Waals surface area contributed by atoms with Gasteiger partial charge < -0.3 is 15.3 Å². The van der Waals surface area contributed by atoms with Gasteiger partial charge in [0.1, 0.15) is 11.5 Å². The molecule has 0 radical (unpaired) electrons. The molecule has 0 saturated heterocycles. The standard InChI is InChI=1S/C25H52O.C6H6O2/c1-3-5-7-8-9-10-11-12-13-14-15-16-17-18-19-20-22-25(23-24-26)21-6-4-2;7-5-2-1-3-6(8)4-5/h25-26H,3-24H2,1-2H3;1-4,7-8H. The first-order chi connectivity index (χ1) is 16.6. The highest BCUT2D eigenvalue weighted by Crippen LogP contribution is 2.21. The van der Waals surface area contributed by atoms with Crippen LogP contribution >= 0.6 is 0 Å². The van der Waals surface area contributed by atoms with Crippen LogP contribution in [0, 0.1) is 5.92 Å². The predicted molar refractivity (Wildman–Crippen MR) is 149 cm³/mol. The van der Waals surface area contributed by atoms with Gasteiger partial charge in [0.15, 0.2) is 0 Å². The molecule has 34 heavy (non-hydrogen) atoms. The first-order valence-corrected chi connectivity index (χ1v) is 14.7. The summed E-state index contributed by atoms with van der Waals surface area (Å²) in [6.07, 6.45) is 29.4. The van der Waals surface area contributed by atoms with E-state index in [-0.39, 0.29) is 11.5 Å². The molecule has 1 rings (SSSR count). The summed E-state index contributed by atoms with van der Waals surface area (Å²) in [6.45, 7) is 4.95. The van der Waals surface area contributed by atoms with E-state index in [2.05, 4.69) is 13.8 Å². The van der Waals surface area contributed by atoms with Crippen molar-refractivity contribution in [1.29, 1.82) is 0 Å². The van der Waals surface area contributed by atoms with Crippen LogP contribution in [0.3, 0.4) is 0 Å². The Hall–Kier alpha value is -1.22. The van der Waals surface area contributed by atoms with E-state index in [0.29, 0.717) is 6.61 Å². The van der Waals surface area contributed by atoms with Gasteiger partial charge in [0, 0.05) is 12.7 Å². The molecule has 3 N–H and O–H groups in total. The summed E-state index contributed by atoms with van der Waals surface area (Å²) in [4.78, 5) is 0. The summed E-state index contributed by atoms with van der Waals surface area (Å²) in [6, 6.07) is 5.85. The molecule has 3 nitrogen and oxygen atoms in total. The van der Waals surface area contributed by atoms with Crippen LogP contribution in [0.2, 0.25) is 0 Å². The third-order valence-electron chi connectivity index (χ3n) is 6.80. The lowest BCUT2D eigenvalue weighted by Crippen LogP contribution is -2.03. The molecule has 0 saturated carbocycles. The molecular formula is C31H58O3. The number of hydrogen-bond acceptors (Lipinski definition) is 3. The highest BCUT2D eigenvalue weighted by molar-refractivity contribution is 5.30. The number of rotatable bonds is 22. The van der Waals surface area contributed by atoms with Gasteiger partial charge in [-0.25, -0.2) is 0 Å². The summed E-state index contributed by atoms with van der Waals surface area (Å²) in [5.41, 5.74) is 0. The lowest BCUT2D eigenvalue weighted by atomic mass is 9.92. The van der Waals surface area contributed by atoms with Gasteiger partial charge in [-0.15, -0.1) is 0 Å². The third kappa shape index (κ3) is 23.9. The van der Waals surface area contributed by atoms with Crippen LogP contribution < -0.4 is 0 Å². The van der Waals surface area contributed by atoms with Gasteiger partial charge >= 0.3 is 0 Å². The minimum atomic E-state index is 0.0880. The van der Waals surface area contributed by atoms with Gasteiger partial charge in [-0.1, -0.05) is 148 Å². The van der Waals surface area contributed by atoms with Crippen LogP contribution in [0.4, 0.5) is 0 Å². The number of phenols is 2. The quantitative estimate of drug-likeness (QED) is 0.145. The maximum Gasteiger partial charge on any atom is 0.119 e. The first-order valence-electron chi connectivity index (χ1n) is 14.7. The van der Waals surface area contributed by atoms with E-state index in [0.717, 1.165) is 12.3 Å². The summed E-state index contributed by atoms with van der Waals surface area (Å²) >= 11 is 0. The number of hydrogen-bond donors (Lipinski definition) is 3. The first kappa shape index (κ1) is 32.8. The highest BCUT2D eigenvalue weighted by Gasteiger charge is 2.07. The molecule has 0 bridgehead atoms. The molecule has 0 aliphatic carbocycles. The van der Waals surface area contributed by atoms with Crippen molar-refractivity contribution in [2.45, 2.75) is 149 Å². The minimum absolute atomic E-state index is 0.0880. The molecule has 0 aliphatic rings. The van der Waals surface area contributed by atoms with E-state index in [1.54, 1.807) is 6.07 Å². The van der Waals surface area contributed by atoms with Crippen LogP contribution in [-0.2, 0) is 0 Å². The molecule has 1 unspecified atom stereocenters. The normalized spacial score (nSPS) is 11.7. The summed E-state index contributed by atoms with van der Waals surface area (Å²) in [5.74, 6) is 0.960. The second kappa shape index (κ2) is 26.4. The average Bonchev–Trinajstić information content (AvgIpc) is 2.82. The molecule has 3 heteroatoms. The Morgan fingerprint density at radius 3 is 1.26 bits per heavy atom. The monoisotopic (exact) mass is 478 g/mol. The average molecular weight is 479 g/mol. The van der Waals surface area contributed by atoms with Crippen molar-refractivity contribution in [2.75, 3.05) is 6.61 Å². The van der Waals surface area contributed by atoms with Crippen LogP contribution in [0.5, 0.6) is 11.5 Å². The molecule has 0 amide bonds. The van der Waals surface area contributed by atoms with Crippen LogP contribution in [-0.4, -0.2) is 21.9 Å². The van der Waals surface area contributed by atoms with E-state index in [1.807, 2.05) is 0 Å². The van der Waals surface area contributed by atoms with Gasteiger partial charge in [0.05, 0.1) is 0 Å². The van der Waals surface area contributed by atoms with Gasteiger partial charge in [-0.05, 0) is 24.5 Å². The summed E-state index contributed by atoms with van der Waals surface area (Å²) in [7, 11) is 0. The number of benzene rings is 1. The Bertz CT molecular complexity index is 500. The molecule has 1 aromatic rings. The molecule has 0 fully saturated rings. The maximum atomic E-state index is 9.17. The van der Waals surface area contributed by atoms with Crippen LogP contribution in [0.15, 0.2) is 24.3 Å². The van der Waals surface area contributed by atoms with E-state index in [1.165, 1.54) is 147 Å². The fourth-order valence-electron chi connectivity index (χ4n) is 4.58. The summed E-state index contributed by atoms with van der Waals surface area (Å²) < 4.78 is 0. The zero-order valence-corrected chi connectivity index (χ0v) is 22.8. The zero-order chi connectivity index (χ0) is 25.1. The molecular weight excluding hydrogens is 420 g/mol. The number of aromatic hydroxyl groups is 2. The maximum absolute atomic E-state index is 9.17. The van der Waals surface area contributed by atoms with Crippen molar-refractivity contribution in [3.05, 3.63) is 24.3 Å². The topological polar surface area (TPSA) is 60.7 Å². The predicted octanol–water partition coefficient (Wildman–Crippen LogP) is 9.92. The Kier molecular flexibility index (Phi) is 25.4. The fourth-order valence-corrected chi connectivity index (χ4v) is 4.58. The van der Waals surface area contributed by atoms with Crippen molar-refractivity contribution in [1.82, 2.24) is 0 Å². The van der Waals surface area contributed by atoms with E-state index in [4.69, 9.17) is 10.2 Å². The smallest absolute Gasteiger partial charge is 0.119 e. The highest BCUT2D eigenvalue weighted by atomic mass is 16.3. The number of aliphatic hydroxyl groups is 1. The van der Waals surface area contributed by atoms with Gasteiger partial charge in [-0.3, -0.25) is 0 Å². The molecule has 1 aromatic carbocycles. The second-order valence-corrected chi connectivity index (χ2v) is 10.1. The van der Waals surface area contributed by atoms with Gasteiger partial charge in [0.2, 0.25) is 0 Å². The molecule has 0 spiro atoms. The van der Waals surface area contributed by atoms with Crippen molar-refractivity contribution in [3.63, 3.8) is 0 Å². The third-order valence-corrected chi connectivity index (χ3v) is 6.80. The van der Waals surface area contributed by atoms with Crippen LogP contribution in [0.25, 0.3) is 0 Å². The Morgan fingerprint density at radius 1 is 0.529 bits per heavy atom. The Labute approximate surface area is 212 Å². The van der Waals surface area contributed by atoms with Crippen molar-refractivity contribution < 1.29 is 15.3 Å². The molecule has 0 aromatic heterocycles. The minimum Gasteiger partial charge on any atom is -0.508 e. The number of phenolic OH excluding ortho intramolecular Hbond substituents is 2. The van der Waals surface area contributed by atoms with Crippen molar-refractivity contribution >= 4 is 0 Å². The lowest BCUT2D eigenvalue weighted by molar-refractivity contribution is 0.242. The number of unbranched alkanes of at least 4 members (excludes halogenated alkanes) is 16. The molecule has 200 valence electrons. The fraction of sp³-hybridized carbons (Fsp3) is 0.806. The van der Waals surface area contributed by atoms with Crippen molar-refractivity contribution in [2.24, 2.45) is 5.92 Å². The summed E-state index contributed by atoms with van der Waals surface area (Å²) in [5, 5.41) is 26.5. The largest absolute Gasteiger partial charge is 0.508 e. The van der Waals surface area contributed by atoms with Crippen molar-refractivity contribution in [3.8, 4) is 11.5 Å². The van der Waals surface area contributed by atoms with E-state index < -0.39 is 0 Å². The Balaban J connectivity index is 0.00000113. The van der Waals surface area contributed by atoms with E-state index in [9.17, 15) is 5.11 Å². The van der Waals surface area contributed by atoms with Crippen LogP contribution in [0.1, 0.15) is 149 Å². The van der Waals surface area contributed by atoms with Gasteiger partial charge in [0.25, 0.3) is 0 Å². The molecule has 0 heterocycles. The second-order valence-electron chi connectivity index (χ2n) is 10.1. The lowest BCUT2D eigenvalue weighted by Gasteiger charge is -2.15. The van der Waals surface area contributed by atoms with E-state index >= 15 is 0 Å². The Morgan fingerprint density at radius 2 is 0.912 bits per heavy atom. The zero-order valence-electron chi connectivity index (χ0n) is 22.8. The SMILES string of the molecule is CCCCCCCCCCCCCCCCCCC(CCO)CCCC.Oc1cccc(O)c1. The molecule has 0 aliphatic heterocycles. The molecule has 1 atom stereocenters.